The summed E-state index contributed by atoms with van der Waals surface area (Å²) in [5, 5.41) is 0. The lowest BCUT2D eigenvalue weighted by molar-refractivity contribution is -0.117. The molecule has 2 aromatic carbocycles. The van der Waals surface area contributed by atoms with E-state index in [2.05, 4.69) is 0 Å². The Morgan fingerprint density at radius 1 is 1.05 bits per heavy atom. The minimum atomic E-state index is -0.306. The Balaban J connectivity index is 1.54. The second kappa shape index (κ2) is 6.52. The quantitative estimate of drug-likeness (QED) is 0.922. The normalized spacial score (nSPS) is 16.3. The average Bonchev–Trinajstić information content (AvgIpc) is 2.53. The van der Waals surface area contributed by atoms with Crippen LogP contribution in [0.15, 0.2) is 48.5 Å². The van der Waals surface area contributed by atoms with Crippen LogP contribution in [0.2, 0.25) is 0 Å². The summed E-state index contributed by atoms with van der Waals surface area (Å²) in [7, 11) is 0. The van der Waals surface area contributed by atoms with Crippen LogP contribution in [0.5, 0.6) is 11.5 Å². The minimum Gasteiger partial charge on any atom is -0.486 e. The van der Waals surface area contributed by atoms with Crippen molar-refractivity contribution in [1.82, 2.24) is 0 Å². The van der Waals surface area contributed by atoms with E-state index < -0.39 is 0 Å². The van der Waals surface area contributed by atoms with E-state index in [1.54, 1.807) is 0 Å². The second-order valence-electron chi connectivity index (χ2n) is 5.50. The second-order valence-corrected chi connectivity index (χ2v) is 5.50. The zero-order valence-electron chi connectivity index (χ0n) is 12.3. The van der Waals surface area contributed by atoms with E-state index in [-0.39, 0.29) is 18.4 Å². The number of ether oxygens (including phenoxy) is 2. The van der Waals surface area contributed by atoms with Gasteiger partial charge in [-0.1, -0.05) is 36.4 Å². The molecule has 0 radical (unpaired) electrons. The maximum Gasteiger partial charge on any atom is 0.221 e. The Bertz CT molecular complexity index is 652. The van der Waals surface area contributed by atoms with Crippen molar-refractivity contribution in [2.75, 3.05) is 6.61 Å². The molecule has 0 saturated carbocycles. The van der Waals surface area contributed by atoms with Gasteiger partial charge in [0.15, 0.2) is 11.5 Å². The fourth-order valence-electron chi connectivity index (χ4n) is 2.56. The highest BCUT2D eigenvalue weighted by Gasteiger charge is 2.20. The number of carbonyl (C=O) groups is 1. The number of hydrogen-bond acceptors (Lipinski definition) is 3. The minimum absolute atomic E-state index is 0.0696. The molecule has 1 heterocycles. The van der Waals surface area contributed by atoms with Crippen LogP contribution in [0, 0.1) is 0 Å². The number of nitrogens with two attached hydrogens (primary N) is 1. The van der Waals surface area contributed by atoms with Crippen molar-refractivity contribution in [3.05, 3.63) is 59.7 Å². The van der Waals surface area contributed by atoms with Gasteiger partial charge in [-0.25, -0.2) is 0 Å². The molecule has 2 N–H and O–H groups in total. The van der Waals surface area contributed by atoms with Crippen molar-refractivity contribution in [1.29, 1.82) is 0 Å². The first-order valence-electron chi connectivity index (χ1n) is 7.45. The highest BCUT2D eigenvalue weighted by molar-refractivity contribution is 5.76. The number of hydrogen-bond donors (Lipinski definition) is 1. The lowest BCUT2D eigenvalue weighted by Gasteiger charge is -2.26. The molecule has 0 aromatic heterocycles. The van der Waals surface area contributed by atoms with E-state index in [9.17, 15) is 4.79 Å². The molecule has 1 amide bonds. The lowest BCUT2D eigenvalue weighted by atomic mass is 10.0. The van der Waals surface area contributed by atoms with Crippen molar-refractivity contribution in [3.8, 4) is 11.5 Å². The van der Waals surface area contributed by atoms with Crippen LogP contribution in [0.4, 0.5) is 0 Å². The van der Waals surface area contributed by atoms with Gasteiger partial charge in [0, 0.05) is 0 Å². The molecule has 2 aromatic rings. The molecule has 0 fully saturated rings. The summed E-state index contributed by atoms with van der Waals surface area (Å²) in [6, 6.07) is 15.7. The number of benzene rings is 2. The van der Waals surface area contributed by atoms with E-state index in [0.717, 1.165) is 29.9 Å². The Morgan fingerprint density at radius 2 is 1.73 bits per heavy atom. The molecule has 1 aliphatic rings. The molecule has 0 unspecified atom stereocenters. The van der Waals surface area contributed by atoms with Gasteiger partial charge in [0.25, 0.3) is 0 Å². The number of rotatable bonds is 5. The third kappa shape index (κ3) is 3.58. The summed E-state index contributed by atoms with van der Waals surface area (Å²) in [6.45, 7) is 0.580. The first-order chi connectivity index (χ1) is 10.7. The van der Waals surface area contributed by atoms with Gasteiger partial charge in [0.2, 0.25) is 5.91 Å². The van der Waals surface area contributed by atoms with Crippen LogP contribution in [0.3, 0.4) is 0 Å². The fourth-order valence-corrected chi connectivity index (χ4v) is 2.56. The van der Waals surface area contributed by atoms with Gasteiger partial charge in [-0.3, -0.25) is 4.79 Å². The lowest BCUT2D eigenvalue weighted by Crippen LogP contribution is -2.29. The Morgan fingerprint density at radius 3 is 2.45 bits per heavy atom. The third-order valence-corrected chi connectivity index (χ3v) is 3.72. The summed E-state index contributed by atoms with van der Waals surface area (Å²) in [6.07, 6.45) is 2.16. The molecule has 0 bridgehead atoms. The van der Waals surface area contributed by atoms with E-state index in [0.29, 0.717) is 6.61 Å². The molecule has 4 heteroatoms. The van der Waals surface area contributed by atoms with Crippen molar-refractivity contribution in [2.24, 2.45) is 5.73 Å². The first-order valence-corrected chi connectivity index (χ1v) is 7.45. The van der Waals surface area contributed by atoms with Gasteiger partial charge in [0.1, 0.15) is 12.7 Å². The van der Waals surface area contributed by atoms with Gasteiger partial charge >= 0.3 is 0 Å². The van der Waals surface area contributed by atoms with Gasteiger partial charge in [-0.15, -0.1) is 0 Å². The van der Waals surface area contributed by atoms with E-state index in [1.807, 2.05) is 48.5 Å². The average molecular weight is 297 g/mol. The van der Waals surface area contributed by atoms with Crippen molar-refractivity contribution in [3.63, 3.8) is 0 Å². The fraction of sp³-hybridized carbons (Fsp3) is 0.278. The maximum absolute atomic E-state index is 10.9. The van der Waals surface area contributed by atoms with Crippen LogP contribution in [-0.4, -0.2) is 18.6 Å². The predicted molar refractivity (Wildman–Crippen MR) is 84.0 cm³/mol. The van der Waals surface area contributed by atoms with E-state index in [1.165, 1.54) is 5.56 Å². The number of primary amides is 1. The van der Waals surface area contributed by atoms with Crippen LogP contribution >= 0.6 is 0 Å². The SMILES string of the molecule is NC(=O)Cc1ccc(CC[C@@H]2COc3ccccc3O2)cc1. The van der Waals surface area contributed by atoms with Gasteiger partial charge in [0.05, 0.1) is 6.42 Å². The standard InChI is InChI=1S/C18H19NO3/c19-18(20)11-14-7-5-13(6-8-14)9-10-15-12-21-16-3-1-2-4-17(16)22-15/h1-8,15H,9-12H2,(H2,19,20)/t15-/m1/s1. The van der Waals surface area contributed by atoms with E-state index >= 15 is 0 Å². The highest BCUT2D eigenvalue weighted by atomic mass is 16.6. The summed E-state index contributed by atoms with van der Waals surface area (Å²) < 4.78 is 11.7. The number of amides is 1. The highest BCUT2D eigenvalue weighted by Crippen LogP contribution is 2.31. The van der Waals surface area contributed by atoms with Gasteiger partial charge in [-0.05, 0) is 36.1 Å². The molecule has 114 valence electrons. The number of para-hydroxylation sites is 2. The van der Waals surface area contributed by atoms with Crippen molar-refractivity contribution in [2.45, 2.75) is 25.4 Å². The summed E-state index contributed by atoms with van der Waals surface area (Å²) in [5.41, 5.74) is 7.35. The predicted octanol–water partition coefficient (Wildman–Crippen LogP) is 2.49. The summed E-state index contributed by atoms with van der Waals surface area (Å²) in [5.74, 6) is 1.32. The van der Waals surface area contributed by atoms with Crippen LogP contribution in [-0.2, 0) is 17.6 Å². The van der Waals surface area contributed by atoms with Gasteiger partial charge in [-0.2, -0.15) is 0 Å². The van der Waals surface area contributed by atoms with Crippen LogP contribution in [0.25, 0.3) is 0 Å². The van der Waals surface area contributed by atoms with Crippen molar-refractivity contribution >= 4 is 5.91 Å². The number of aryl methyl sites for hydroxylation is 1. The zero-order valence-corrected chi connectivity index (χ0v) is 12.3. The smallest absolute Gasteiger partial charge is 0.221 e. The molecule has 1 atom stereocenters. The molecule has 1 aliphatic heterocycles. The Hall–Kier alpha value is -2.49. The molecule has 4 nitrogen and oxygen atoms in total. The summed E-state index contributed by atoms with van der Waals surface area (Å²) in [4.78, 5) is 10.9. The molecule has 0 spiro atoms. The molecule has 0 aliphatic carbocycles. The van der Waals surface area contributed by atoms with Gasteiger partial charge < -0.3 is 15.2 Å². The molecule has 22 heavy (non-hydrogen) atoms. The largest absolute Gasteiger partial charge is 0.486 e. The Kier molecular flexibility index (Phi) is 4.28. The zero-order chi connectivity index (χ0) is 15.4. The molecule has 3 rings (SSSR count). The number of fused-ring (bicyclic) bond motifs is 1. The summed E-state index contributed by atoms with van der Waals surface area (Å²) >= 11 is 0. The topological polar surface area (TPSA) is 61.6 Å². The van der Waals surface area contributed by atoms with Crippen molar-refractivity contribution < 1.29 is 14.3 Å². The maximum atomic E-state index is 10.9. The monoisotopic (exact) mass is 297 g/mol. The first kappa shape index (κ1) is 14.4. The Labute approximate surface area is 129 Å². The number of carbonyl (C=O) groups excluding carboxylic acids is 1. The third-order valence-electron chi connectivity index (χ3n) is 3.72. The molecular weight excluding hydrogens is 278 g/mol. The molecular formula is C18H19NO3. The van der Waals surface area contributed by atoms with Crippen LogP contribution in [0.1, 0.15) is 17.5 Å². The van der Waals surface area contributed by atoms with E-state index in [4.69, 9.17) is 15.2 Å². The van der Waals surface area contributed by atoms with Crippen LogP contribution < -0.4 is 15.2 Å². The molecule has 0 saturated heterocycles.